The fourth-order valence-electron chi connectivity index (χ4n) is 2.82. The van der Waals surface area contributed by atoms with Crippen LogP contribution in [0.25, 0.3) is 0 Å². The molecule has 0 bridgehead atoms. The van der Waals surface area contributed by atoms with Crippen molar-refractivity contribution in [2.45, 2.75) is 19.3 Å². The van der Waals surface area contributed by atoms with Crippen LogP contribution in [0.4, 0.5) is 11.4 Å². The molecule has 4 nitrogen and oxygen atoms in total. The summed E-state index contributed by atoms with van der Waals surface area (Å²) in [6.45, 7) is 3.02. The number of anilines is 2. The number of hydrogen-bond acceptors (Lipinski definition) is 4. The standard InChI is InChI=1S/C24H30N2O2/c1-4-28-24(27)14-10-5-7-11-21(19-25-22-12-8-6-9-13-22)20-15-17-23(18-16-20)26(2)3/h5-10,12-18,21,25H,4,11,19H2,1-3H3/t21-/m1/s1. The number of esters is 1. The summed E-state index contributed by atoms with van der Waals surface area (Å²) in [7, 11) is 4.09. The van der Waals surface area contributed by atoms with Gasteiger partial charge in [-0.15, -0.1) is 0 Å². The van der Waals surface area contributed by atoms with Gasteiger partial charge in [0.2, 0.25) is 0 Å². The van der Waals surface area contributed by atoms with E-state index in [4.69, 9.17) is 4.74 Å². The highest BCUT2D eigenvalue weighted by Gasteiger charge is 2.10. The zero-order chi connectivity index (χ0) is 20.2. The molecule has 0 aliphatic rings. The molecule has 1 N–H and O–H groups in total. The minimum atomic E-state index is -0.311. The van der Waals surface area contributed by atoms with Gasteiger partial charge in [0.05, 0.1) is 6.61 Å². The van der Waals surface area contributed by atoms with Gasteiger partial charge in [0.25, 0.3) is 0 Å². The predicted octanol–water partition coefficient (Wildman–Crippen LogP) is 5.01. The van der Waals surface area contributed by atoms with E-state index in [0.717, 1.165) is 18.7 Å². The van der Waals surface area contributed by atoms with Crippen LogP contribution < -0.4 is 10.2 Å². The maximum absolute atomic E-state index is 11.4. The third-order valence-electron chi connectivity index (χ3n) is 4.39. The van der Waals surface area contributed by atoms with Gasteiger partial charge in [0.15, 0.2) is 0 Å². The monoisotopic (exact) mass is 378 g/mol. The molecule has 0 aromatic heterocycles. The van der Waals surface area contributed by atoms with E-state index in [-0.39, 0.29) is 5.97 Å². The number of ether oxygens (including phenoxy) is 1. The number of nitrogens with zero attached hydrogens (tertiary/aromatic N) is 1. The van der Waals surface area contributed by atoms with Crippen molar-refractivity contribution in [3.05, 3.63) is 84.5 Å². The van der Waals surface area contributed by atoms with Crippen molar-refractivity contribution in [1.29, 1.82) is 0 Å². The van der Waals surface area contributed by atoms with Crippen LogP contribution in [-0.2, 0) is 9.53 Å². The molecular formula is C24H30N2O2. The average Bonchev–Trinajstić information content (AvgIpc) is 2.71. The van der Waals surface area contributed by atoms with Gasteiger partial charge < -0.3 is 15.0 Å². The summed E-state index contributed by atoms with van der Waals surface area (Å²) in [6.07, 6.45) is 8.04. The lowest BCUT2D eigenvalue weighted by Crippen LogP contribution is -2.13. The average molecular weight is 379 g/mol. The molecule has 0 saturated heterocycles. The molecule has 0 fully saturated rings. The van der Waals surface area contributed by atoms with Gasteiger partial charge in [-0.25, -0.2) is 4.79 Å². The highest BCUT2D eigenvalue weighted by molar-refractivity contribution is 5.82. The number of benzene rings is 2. The second-order valence-electron chi connectivity index (χ2n) is 6.70. The smallest absolute Gasteiger partial charge is 0.330 e. The Morgan fingerprint density at radius 2 is 1.79 bits per heavy atom. The van der Waals surface area contributed by atoms with Crippen LogP contribution in [0.1, 0.15) is 24.8 Å². The van der Waals surface area contributed by atoms with E-state index in [1.54, 1.807) is 13.0 Å². The van der Waals surface area contributed by atoms with E-state index in [2.05, 4.69) is 52.7 Å². The summed E-state index contributed by atoms with van der Waals surface area (Å²) in [5.74, 6) is 0.0115. The van der Waals surface area contributed by atoms with Crippen LogP contribution >= 0.6 is 0 Å². The molecule has 2 aromatic carbocycles. The molecule has 0 saturated carbocycles. The fraction of sp³-hybridized carbons (Fsp3) is 0.292. The molecule has 0 amide bonds. The highest BCUT2D eigenvalue weighted by atomic mass is 16.5. The van der Waals surface area contributed by atoms with E-state index in [1.165, 1.54) is 17.3 Å². The van der Waals surface area contributed by atoms with E-state index < -0.39 is 0 Å². The maximum atomic E-state index is 11.4. The Labute approximate surface area is 168 Å². The molecule has 0 radical (unpaired) electrons. The van der Waals surface area contributed by atoms with Crippen LogP contribution in [0.5, 0.6) is 0 Å². The molecule has 4 heteroatoms. The van der Waals surface area contributed by atoms with Gasteiger partial charge in [-0.3, -0.25) is 0 Å². The van der Waals surface area contributed by atoms with Crippen LogP contribution in [0.15, 0.2) is 78.9 Å². The lowest BCUT2D eigenvalue weighted by Gasteiger charge is -2.19. The van der Waals surface area contributed by atoms with Crippen LogP contribution in [-0.4, -0.2) is 33.2 Å². The second-order valence-corrected chi connectivity index (χ2v) is 6.70. The highest BCUT2D eigenvalue weighted by Crippen LogP contribution is 2.24. The van der Waals surface area contributed by atoms with Crippen molar-refractivity contribution in [1.82, 2.24) is 0 Å². The normalized spacial score (nSPS) is 12.2. The molecule has 0 aliphatic heterocycles. The Morgan fingerprint density at radius 1 is 1.07 bits per heavy atom. The van der Waals surface area contributed by atoms with E-state index >= 15 is 0 Å². The zero-order valence-corrected chi connectivity index (χ0v) is 17.0. The summed E-state index contributed by atoms with van der Waals surface area (Å²) in [5.41, 5.74) is 3.59. The number of carbonyl (C=O) groups is 1. The van der Waals surface area contributed by atoms with Gasteiger partial charge in [-0.1, -0.05) is 48.6 Å². The Morgan fingerprint density at radius 3 is 2.43 bits per heavy atom. The quantitative estimate of drug-likeness (QED) is 0.358. The minimum absolute atomic E-state index is 0.311. The SMILES string of the molecule is CCOC(=O)C=CC=CC[C@H](CNc1ccccc1)c1ccc(N(C)C)cc1. The molecule has 2 rings (SSSR count). The number of nitrogens with one attached hydrogen (secondary N) is 1. The summed E-state index contributed by atoms with van der Waals surface area (Å²) >= 11 is 0. The second kappa shape index (κ2) is 11.7. The molecule has 0 heterocycles. The summed E-state index contributed by atoms with van der Waals surface area (Å²) < 4.78 is 4.88. The first-order valence-electron chi connectivity index (χ1n) is 9.66. The molecule has 0 unspecified atom stereocenters. The van der Waals surface area contributed by atoms with E-state index in [0.29, 0.717) is 12.5 Å². The first kappa shape index (κ1) is 21.3. The third kappa shape index (κ3) is 7.31. The van der Waals surface area contributed by atoms with Gasteiger partial charge in [-0.2, -0.15) is 0 Å². The van der Waals surface area contributed by atoms with Crippen molar-refractivity contribution >= 4 is 17.3 Å². The van der Waals surface area contributed by atoms with Crippen molar-refractivity contribution in [3.8, 4) is 0 Å². The van der Waals surface area contributed by atoms with Crippen LogP contribution in [0.2, 0.25) is 0 Å². The van der Waals surface area contributed by atoms with Gasteiger partial charge in [0, 0.05) is 44.0 Å². The molecule has 0 aliphatic carbocycles. The number of carbonyl (C=O) groups excluding carboxylic acids is 1. The Kier molecular flexibility index (Phi) is 8.86. The third-order valence-corrected chi connectivity index (χ3v) is 4.39. The lowest BCUT2D eigenvalue weighted by molar-refractivity contribution is -0.137. The molecule has 2 aromatic rings. The number of rotatable bonds is 10. The Hall–Kier alpha value is -3.01. The first-order valence-corrected chi connectivity index (χ1v) is 9.66. The molecular weight excluding hydrogens is 348 g/mol. The van der Waals surface area contributed by atoms with Crippen molar-refractivity contribution in [2.75, 3.05) is 37.5 Å². The summed E-state index contributed by atoms with van der Waals surface area (Å²) in [6, 6.07) is 18.9. The van der Waals surface area contributed by atoms with Crippen LogP contribution in [0, 0.1) is 0 Å². The lowest BCUT2D eigenvalue weighted by atomic mass is 9.95. The Balaban J connectivity index is 2.03. The molecule has 0 spiro atoms. The van der Waals surface area contributed by atoms with Crippen molar-refractivity contribution in [2.24, 2.45) is 0 Å². The van der Waals surface area contributed by atoms with Gasteiger partial charge >= 0.3 is 5.97 Å². The number of para-hydroxylation sites is 1. The summed E-state index contributed by atoms with van der Waals surface area (Å²) in [4.78, 5) is 13.4. The minimum Gasteiger partial charge on any atom is -0.463 e. The largest absolute Gasteiger partial charge is 0.463 e. The van der Waals surface area contributed by atoms with Gasteiger partial charge in [0.1, 0.15) is 0 Å². The van der Waals surface area contributed by atoms with E-state index in [9.17, 15) is 4.79 Å². The van der Waals surface area contributed by atoms with Crippen molar-refractivity contribution in [3.63, 3.8) is 0 Å². The molecule has 1 atom stereocenters. The van der Waals surface area contributed by atoms with Crippen molar-refractivity contribution < 1.29 is 9.53 Å². The predicted molar refractivity (Wildman–Crippen MR) is 118 cm³/mol. The summed E-state index contributed by atoms with van der Waals surface area (Å²) in [5, 5.41) is 3.52. The topological polar surface area (TPSA) is 41.6 Å². The maximum Gasteiger partial charge on any atom is 0.330 e. The number of hydrogen-bond donors (Lipinski definition) is 1. The first-order chi connectivity index (χ1) is 13.6. The fourth-order valence-corrected chi connectivity index (χ4v) is 2.82. The van der Waals surface area contributed by atoms with Gasteiger partial charge in [-0.05, 0) is 43.2 Å². The molecule has 148 valence electrons. The van der Waals surface area contributed by atoms with E-state index in [1.807, 2.05) is 38.4 Å². The Bertz CT molecular complexity index is 765. The zero-order valence-electron chi connectivity index (χ0n) is 17.0. The van der Waals surface area contributed by atoms with Crippen LogP contribution in [0.3, 0.4) is 0 Å². The number of allylic oxidation sites excluding steroid dienone is 3. The molecule has 28 heavy (non-hydrogen) atoms.